The van der Waals surface area contributed by atoms with E-state index in [1.807, 2.05) is 12.3 Å². The molecule has 1 aliphatic heterocycles. The van der Waals surface area contributed by atoms with Crippen LogP contribution in [-0.4, -0.2) is 46.9 Å². The van der Waals surface area contributed by atoms with E-state index in [0.717, 1.165) is 16.3 Å². The van der Waals surface area contributed by atoms with Gasteiger partial charge in [-0.2, -0.15) is 4.31 Å². The van der Waals surface area contributed by atoms with Crippen molar-refractivity contribution in [2.75, 3.05) is 12.8 Å². The van der Waals surface area contributed by atoms with Crippen LogP contribution in [0.5, 0.6) is 0 Å². The first-order valence-corrected chi connectivity index (χ1v) is 10.1. The zero-order chi connectivity index (χ0) is 17.5. The smallest absolute Gasteiger partial charge is 0.324 e. The number of rotatable bonds is 4. The molecule has 1 atom stereocenters. The molecule has 2 aromatic rings. The van der Waals surface area contributed by atoms with Gasteiger partial charge in [-0.05, 0) is 19.8 Å². The Balaban J connectivity index is 1.74. The maximum Gasteiger partial charge on any atom is 0.324 e. The van der Waals surface area contributed by atoms with E-state index in [2.05, 4.69) is 4.98 Å². The molecule has 1 saturated heterocycles. The first-order chi connectivity index (χ1) is 11.3. The number of aryl methyl sites for hydroxylation is 1. The van der Waals surface area contributed by atoms with Gasteiger partial charge in [-0.15, -0.1) is 11.3 Å². The Kier molecular flexibility index (Phi) is 4.45. The molecule has 0 aromatic carbocycles. The summed E-state index contributed by atoms with van der Waals surface area (Å²) in [5.41, 5.74) is 0.910. The largest absolute Gasteiger partial charge is 0.458 e. The molecule has 1 aliphatic rings. The van der Waals surface area contributed by atoms with Gasteiger partial charge in [-0.1, -0.05) is 0 Å². The van der Waals surface area contributed by atoms with Gasteiger partial charge in [-0.25, -0.2) is 13.4 Å². The standard InChI is InChI=1S/C14H17N3O5S2/c1-9-8-23-14-15-10(6-12(18)17(9)14)7-22-13(19)11-4-3-5-16(11)24(2,20)21/h6,8,11H,3-5,7H2,1-2H3. The maximum atomic E-state index is 12.2. The molecule has 2 aromatic heterocycles. The van der Waals surface area contributed by atoms with Crippen molar-refractivity contribution >= 4 is 32.3 Å². The predicted molar refractivity (Wildman–Crippen MR) is 88.4 cm³/mol. The fourth-order valence-electron chi connectivity index (χ4n) is 2.79. The second-order valence-corrected chi connectivity index (χ2v) is 8.49. The Hall–Kier alpha value is -1.78. The number of nitrogens with zero attached hydrogens (tertiary/aromatic N) is 3. The van der Waals surface area contributed by atoms with Crippen LogP contribution in [0.1, 0.15) is 24.2 Å². The van der Waals surface area contributed by atoms with Crippen molar-refractivity contribution in [2.45, 2.75) is 32.4 Å². The SMILES string of the molecule is Cc1csc2nc(COC(=O)C3CCCN3S(C)(=O)=O)cc(=O)n12. The molecule has 130 valence electrons. The molecular weight excluding hydrogens is 354 g/mol. The highest BCUT2D eigenvalue weighted by atomic mass is 32.2. The van der Waals surface area contributed by atoms with Crippen molar-refractivity contribution in [3.63, 3.8) is 0 Å². The Morgan fingerprint density at radius 3 is 2.96 bits per heavy atom. The molecule has 0 amide bonds. The van der Waals surface area contributed by atoms with Crippen LogP contribution in [0.25, 0.3) is 4.96 Å². The van der Waals surface area contributed by atoms with Crippen LogP contribution in [0.4, 0.5) is 0 Å². The molecular formula is C14H17N3O5S2. The van der Waals surface area contributed by atoms with Gasteiger partial charge in [-0.3, -0.25) is 14.0 Å². The summed E-state index contributed by atoms with van der Waals surface area (Å²) in [5, 5.41) is 1.82. The van der Waals surface area contributed by atoms with Crippen molar-refractivity contribution in [3.05, 3.63) is 33.2 Å². The second kappa shape index (κ2) is 6.26. The molecule has 24 heavy (non-hydrogen) atoms. The van der Waals surface area contributed by atoms with E-state index in [1.54, 1.807) is 0 Å². The van der Waals surface area contributed by atoms with E-state index < -0.39 is 22.0 Å². The summed E-state index contributed by atoms with van der Waals surface area (Å²) in [6.45, 7) is 1.97. The average Bonchev–Trinajstić information content (AvgIpc) is 3.11. The molecule has 10 heteroatoms. The Morgan fingerprint density at radius 1 is 1.50 bits per heavy atom. The zero-order valence-electron chi connectivity index (χ0n) is 13.3. The molecule has 0 saturated carbocycles. The molecule has 1 fully saturated rings. The summed E-state index contributed by atoms with van der Waals surface area (Å²) in [5.74, 6) is -0.609. The number of thiazole rings is 1. The molecule has 0 N–H and O–H groups in total. The molecule has 3 rings (SSSR count). The summed E-state index contributed by atoms with van der Waals surface area (Å²) in [7, 11) is -3.45. The minimum atomic E-state index is -3.45. The normalized spacial score (nSPS) is 19.0. The van der Waals surface area contributed by atoms with Crippen LogP contribution in [0.2, 0.25) is 0 Å². The second-order valence-electron chi connectivity index (χ2n) is 5.72. The molecule has 0 bridgehead atoms. The van der Waals surface area contributed by atoms with Crippen LogP contribution in [0.15, 0.2) is 16.2 Å². The number of aromatic nitrogens is 2. The van der Waals surface area contributed by atoms with Crippen molar-refractivity contribution in [1.82, 2.24) is 13.7 Å². The van der Waals surface area contributed by atoms with Crippen molar-refractivity contribution in [3.8, 4) is 0 Å². The van der Waals surface area contributed by atoms with Gasteiger partial charge in [0.1, 0.15) is 12.6 Å². The van der Waals surface area contributed by atoms with Gasteiger partial charge in [0.15, 0.2) is 4.96 Å². The quantitative estimate of drug-likeness (QED) is 0.727. The third-order valence-electron chi connectivity index (χ3n) is 3.89. The minimum Gasteiger partial charge on any atom is -0.458 e. The average molecular weight is 371 g/mol. The van der Waals surface area contributed by atoms with Gasteiger partial charge < -0.3 is 4.74 Å². The number of hydrogen-bond donors (Lipinski definition) is 0. The van der Waals surface area contributed by atoms with Gasteiger partial charge in [0, 0.05) is 23.7 Å². The van der Waals surface area contributed by atoms with Gasteiger partial charge in [0.25, 0.3) is 5.56 Å². The number of sulfonamides is 1. The van der Waals surface area contributed by atoms with Crippen LogP contribution in [0.3, 0.4) is 0 Å². The minimum absolute atomic E-state index is 0.157. The molecule has 1 unspecified atom stereocenters. The lowest BCUT2D eigenvalue weighted by Crippen LogP contribution is -2.40. The lowest BCUT2D eigenvalue weighted by molar-refractivity contribution is -0.148. The molecule has 0 radical (unpaired) electrons. The number of esters is 1. The lowest BCUT2D eigenvalue weighted by Gasteiger charge is -2.20. The highest BCUT2D eigenvalue weighted by molar-refractivity contribution is 7.88. The number of ether oxygens (including phenoxy) is 1. The maximum absolute atomic E-state index is 12.2. The van der Waals surface area contributed by atoms with Crippen molar-refractivity contribution in [2.24, 2.45) is 0 Å². The van der Waals surface area contributed by atoms with Crippen LogP contribution >= 0.6 is 11.3 Å². The zero-order valence-corrected chi connectivity index (χ0v) is 14.9. The number of fused-ring (bicyclic) bond motifs is 1. The van der Waals surface area contributed by atoms with E-state index in [9.17, 15) is 18.0 Å². The summed E-state index contributed by atoms with van der Waals surface area (Å²) >= 11 is 1.33. The van der Waals surface area contributed by atoms with E-state index in [-0.39, 0.29) is 12.2 Å². The van der Waals surface area contributed by atoms with Crippen LogP contribution in [0, 0.1) is 6.92 Å². The number of carbonyl (C=O) groups excluding carboxylic acids is 1. The molecule has 8 nitrogen and oxygen atoms in total. The summed E-state index contributed by atoms with van der Waals surface area (Å²) in [4.78, 5) is 29.1. The van der Waals surface area contributed by atoms with E-state index in [4.69, 9.17) is 4.74 Å². The molecule has 3 heterocycles. The van der Waals surface area contributed by atoms with Crippen molar-refractivity contribution in [1.29, 1.82) is 0 Å². The monoisotopic (exact) mass is 371 g/mol. The van der Waals surface area contributed by atoms with Gasteiger partial charge in [0.05, 0.1) is 11.9 Å². The third kappa shape index (κ3) is 3.21. The Labute approximate surface area is 142 Å². The van der Waals surface area contributed by atoms with Gasteiger partial charge in [0.2, 0.25) is 10.0 Å². The third-order valence-corrected chi connectivity index (χ3v) is 6.13. The van der Waals surface area contributed by atoms with E-state index in [0.29, 0.717) is 30.0 Å². The Morgan fingerprint density at radius 2 is 2.25 bits per heavy atom. The topological polar surface area (TPSA) is 98.0 Å². The Bertz CT molecular complexity index is 947. The first kappa shape index (κ1) is 17.1. The predicted octanol–water partition coefficient (Wildman–Crippen LogP) is 0.532. The first-order valence-electron chi connectivity index (χ1n) is 7.37. The van der Waals surface area contributed by atoms with Gasteiger partial charge >= 0.3 is 5.97 Å². The van der Waals surface area contributed by atoms with Crippen molar-refractivity contribution < 1.29 is 17.9 Å². The van der Waals surface area contributed by atoms with Crippen LogP contribution < -0.4 is 5.56 Å². The summed E-state index contributed by atoms with van der Waals surface area (Å²) in [6, 6.07) is 0.525. The lowest BCUT2D eigenvalue weighted by atomic mass is 10.2. The van der Waals surface area contributed by atoms with E-state index >= 15 is 0 Å². The molecule has 0 spiro atoms. The highest BCUT2D eigenvalue weighted by Gasteiger charge is 2.37. The van der Waals surface area contributed by atoms with Crippen LogP contribution in [-0.2, 0) is 26.2 Å². The number of carbonyl (C=O) groups is 1. The number of hydrogen-bond acceptors (Lipinski definition) is 7. The summed E-state index contributed by atoms with van der Waals surface area (Å²) < 4.78 is 31.2. The molecule has 0 aliphatic carbocycles. The fraction of sp³-hybridized carbons (Fsp3) is 0.500. The fourth-order valence-corrected chi connectivity index (χ4v) is 4.79. The summed E-state index contributed by atoms with van der Waals surface area (Å²) in [6.07, 6.45) is 2.13. The highest BCUT2D eigenvalue weighted by Crippen LogP contribution is 2.21. The van der Waals surface area contributed by atoms with E-state index in [1.165, 1.54) is 21.8 Å².